The van der Waals surface area contributed by atoms with E-state index in [1.54, 1.807) is 0 Å². The van der Waals surface area contributed by atoms with Gasteiger partial charge in [-0.15, -0.1) is 11.8 Å². The highest BCUT2D eigenvalue weighted by Gasteiger charge is 2.13. The molecule has 4 heteroatoms. The molecule has 0 atom stereocenters. The lowest BCUT2D eigenvalue weighted by Crippen LogP contribution is -1.97. The van der Waals surface area contributed by atoms with Crippen LogP contribution in [0.4, 0.5) is 4.39 Å². The zero-order chi connectivity index (χ0) is 14.7. The van der Waals surface area contributed by atoms with Crippen molar-refractivity contribution in [2.24, 2.45) is 0 Å². The second kappa shape index (κ2) is 6.09. The summed E-state index contributed by atoms with van der Waals surface area (Å²) in [5.74, 6) is -0.568. The Bertz CT molecular complexity index is 636. The van der Waals surface area contributed by atoms with E-state index >= 15 is 0 Å². The molecule has 0 heterocycles. The molecule has 0 aliphatic heterocycles. The van der Waals surface area contributed by atoms with Crippen LogP contribution in [-0.4, -0.2) is 10.9 Å². The van der Waals surface area contributed by atoms with Gasteiger partial charge in [0.15, 0.2) is 5.78 Å². The number of Topliss-reactive ketones (excluding diaryl/α,β-unsaturated/α-hetero) is 1. The van der Waals surface area contributed by atoms with E-state index in [-0.39, 0.29) is 17.1 Å². The number of aryl methyl sites for hydroxylation is 1. The van der Waals surface area contributed by atoms with Crippen molar-refractivity contribution in [1.82, 2.24) is 0 Å². The minimum atomic E-state index is -0.507. The summed E-state index contributed by atoms with van der Waals surface area (Å²) in [6.45, 7) is 3.32. The highest BCUT2D eigenvalue weighted by molar-refractivity contribution is 7.98. The summed E-state index contributed by atoms with van der Waals surface area (Å²) >= 11 is 1.49. The molecule has 0 spiro atoms. The van der Waals surface area contributed by atoms with Gasteiger partial charge in [0.25, 0.3) is 0 Å². The van der Waals surface area contributed by atoms with E-state index in [4.69, 9.17) is 0 Å². The zero-order valence-electron chi connectivity index (χ0n) is 11.3. The molecule has 0 aromatic heterocycles. The fraction of sp³-hybridized carbons (Fsp3) is 0.188. The Hall–Kier alpha value is -1.81. The summed E-state index contributed by atoms with van der Waals surface area (Å²) in [4.78, 5) is 12.4. The number of rotatable bonds is 4. The Kier molecular flexibility index (Phi) is 4.45. The lowest BCUT2D eigenvalue weighted by atomic mass is 10.1. The molecule has 0 aliphatic rings. The number of benzene rings is 2. The van der Waals surface area contributed by atoms with Crippen LogP contribution in [0.25, 0.3) is 0 Å². The first-order valence-corrected chi connectivity index (χ1v) is 7.17. The molecule has 2 rings (SSSR count). The first-order valence-electron chi connectivity index (χ1n) is 6.19. The molecule has 0 aliphatic carbocycles. The molecule has 0 radical (unpaired) electrons. The summed E-state index contributed by atoms with van der Waals surface area (Å²) in [7, 11) is 0. The number of thioether (sulfide) groups is 1. The van der Waals surface area contributed by atoms with Crippen LogP contribution in [0, 0.1) is 12.7 Å². The van der Waals surface area contributed by atoms with E-state index in [0.29, 0.717) is 11.3 Å². The predicted molar refractivity (Wildman–Crippen MR) is 78.8 cm³/mol. The number of halogens is 1. The Morgan fingerprint density at radius 2 is 1.90 bits per heavy atom. The highest BCUT2D eigenvalue weighted by Crippen LogP contribution is 2.31. The summed E-state index contributed by atoms with van der Waals surface area (Å²) in [5, 5.41) is 10.0. The van der Waals surface area contributed by atoms with Crippen molar-refractivity contribution in [1.29, 1.82) is 0 Å². The van der Waals surface area contributed by atoms with E-state index in [1.165, 1.54) is 30.3 Å². The molecule has 0 fully saturated rings. The van der Waals surface area contributed by atoms with Crippen LogP contribution in [0.1, 0.15) is 28.4 Å². The highest BCUT2D eigenvalue weighted by atomic mass is 32.2. The third-order valence-electron chi connectivity index (χ3n) is 2.95. The van der Waals surface area contributed by atoms with Crippen LogP contribution in [0.5, 0.6) is 5.75 Å². The number of phenolic OH excluding ortho intramolecular Hbond substituents is 1. The monoisotopic (exact) mass is 290 g/mol. The Labute approximate surface area is 121 Å². The van der Waals surface area contributed by atoms with Gasteiger partial charge < -0.3 is 5.11 Å². The van der Waals surface area contributed by atoms with E-state index in [9.17, 15) is 14.3 Å². The molecule has 1 N–H and O–H groups in total. The molecule has 0 bridgehead atoms. The van der Waals surface area contributed by atoms with E-state index < -0.39 is 5.82 Å². The second-order valence-corrected chi connectivity index (χ2v) is 5.67. The van der Waals surface area contributed by atoms with Crippen LogP contribution in [-0.2, 0) is 5.75 Å². The fourth-order valence-electron chi connectivity index (χ4n) is 1.83. The van der Waals surface area contributed by atoms with Gasteiger partial charge in [-0.2, -0.15) is 0 Å². The lowest BCUT2D eigenvalue weighted by Gasteiger charge is -2.08. The Morgan fingerprint density at radius 1 is 1.25 bits per heavy atom. The van der Waals surface area contributed by atoms with E-state index in [1.807, 2.05) is 31.2 Å². The minimum Gasteiger partial charge on any atom is -0.507 e. The molecule has 104 valence electrons. The molecule has 20 heavy (non-hydrogen) atoms. The van der Waals surface area contributed by atoms with Gasteiger partial charge in [-0.25, -0.2) is 4.39 Å². The lowest BCUT2D eigenvalue weighted by molar-refractivity contribution is 0.101. The van der Waals surface area contributed by atoms with Crippen molar-refractivity contribution < 1.29 is 14.3 Å². The number of ketones is 1. The fourth-order valence-corrected chi connectivity index (χ4v) is 2.70. The number of phenols is 1. The Balaban J connectivity index is 2.21. The smallest absolute Gasteiger partial charge is 0.163 e. The molecular formula is C16H15FO2S. The first-order chi connectivity index (χ1) is 9.47. The van der Waals surface area contributed by atoms with Gasteiger partial charge in [0.2, 0.25) is 0 Å². The van der Waals surface area contributed by atoms with Gasteiger partial charge in [0.05, 0.1) is 5.56 Å². The standard InChI is InChI=1S/C16H15FO2S/c1-10-3-5-14(6-4-10)20-9-12-7-13(17)8-15(11(2)18)16(12)19/h3-8,19H,9H2,1-2H3. The van der Waals surface area contributed by atoms with Gasteiger partial charge in [0, 0.05) is 16.2 Å². The van der Waals surface area contributed by atoms with Crippen molar-refractivity contribution in [2.45, 2.75) is 24.5 Å². The maximum absolute atomic E-state index is 13.5. The SMILES string of the molecule is CC(=O)c1cc(F)cc(CSc2ccc(C)cc2)c1O. The number of hydrogen-bond donors (Lipinski definition) is 1. The van der Waals surface area contributed by atoms with Gasteiger partial charge in [-0.05, 0) is 38.1 Å². The number of aromatic hydroxyl groups is 1. The van der Waals surface area contributed by atoms with E-state index in [0.717, 1.165) is 11.0 Å². The second-order valence-electron chi connectivity index (χ2n) is 4.62. The molecule has 2 aromatic carbocycles. The maximum Gasteiger partial charge on any atom is 0.163 e. The molecule has 0 amide bonds. The molecule has 0 saturated carbocycles. The number of carbonyl (C=O) groups excluding carboxylic acids is 1. The quantitative estimate of drug-likeness (QED) is 0.672. The van der Waals surface area contributed by atoms with Gasteiger partial charge >= 0.3 is 0 Å². The van der Waals surface area contributed by atoms with Gasteiger partial charge in [-0.1, -0.05) is 17.7 Å². The van der Waals surface area contributed by atoms with Crippen LogP contribution >= 0.6 is 11.8 Å². The van der Waals surface area contributed by atoms with Crippen LogP contribution in [0.2, 0.25) is 0 Å². The van der Waals surface area contributed by atoms with Crippen LogP contribution in [0.15, 0.2) is 41.3 Å². The average molecular weight is 290 g/mol. The first kappa shape index (κ1) is 14.6. The molecule has 0 unspecified atom stereocenters. The minimum absolute atomic E-state index is 0.0320. The van der Waals surface area contributed by atoms with Crippen molar-refractivity contribution in [3.63, 3.8) is 0 Å². The summed E-state index contributed by atoms with van der Waals surface area (Å²) < 4.78 is 13.5. The van der Waals surface area contributed by atoms with Gasteiger partial charge in [0.1, 0.15) is 11.6 Å². The van der Waals surface area contributed by atoms with Crippen LogP contribution in [0.3, 0.4) is 0 Å². The molecule has 2 nitrogen and oxygen atoms in total. The van der Waals surface area contributed by atoms with Gasteiger partial charge in [-0.3, -0.25) is 4.79 Å². The molecular weight excluding hydrogens is 275 g/mol. The zero-order valence-corrected chi connectivity index (χ0v) is 12.1. The van der Waals surface area contributed by atoms with Crippen molar-refractivity contribution in [3.8, 4) is 5.75 Å². The number of hydrogen-bond acceptors (Lipinski definition) is 3. The largest absolute Gasteiger partial charge is 0.507 e. The summed E-state index contributed by atoms with van der Waals surface area (Å²) in [5.41, 5.74) is 1.63. The average Bonchev–Trinajstić information content (AvgIpc) is 2.41. The maximum atomic E-state index is 13.5. The Morgan fingerprint density at radius 3 is 2.50 bits per heavy atom. The van der Waals surface area contributed by atoms with Crippen molar-refractivity contribution in [3.05, 3.63) is 58.9 Å². The predicted octanol–water partition coefficient (Wildman–Crippen LogP) is 4.33. The topological polar surface area (TPSA) is 37.3 Å². The third kappa shape index (κ3) is 3.39. The number of carbonyl (C=O) groups is 1. The van der Waals surface area contributed by atoms with E-state index in [2.05, 4.69) is 0 Å². The van der Waals surface area contributed by atoms with Crippen molar-refractivity contribution in [2.75, 3.05) is 0 Å². The summed E-state index contributed by atoms with van der Waals surface area (Å²) in [6, 6.07) is 10.3. The molecule has 2 aromatic rings. The normalized spacial score (nSPS) is 10.6. The third-order valence-corrected chi connectivity index (χ3v) is 4.01. The van der Waals surface area contributed by atoms with Crippen molar-refractivity contribution >= 4 is 17.5 Å². The molecule has 0 saturated heterocycles. The summed E-state index contributed by atoms with van der Waals surface area (Å²) in [6.07, 6.45) is 0. The van der Waals surface area contributed by atoms with Crippen LogP contribution < -0.4 is 0 Å².